The fraction of sp³-hybridized carbons (Fsp3) is 0.533. The number of hydrogen-bond acceptors (Lipinski definition) is 3. The molecule has 0 aromatic heterocycles. The second kappa shape index (κ2) is 6.36. The largest absolute Gasteiger partial charge is 0.339 e. The van der Waals surface area contributed by atoms with Crippen LogP contribution in [0.1, 0.15) is 42.1 Å². The van der Waals surface area contributed by atoms with E-state index in [0.29, 0.717) is 19.0 Å². The van der Waals surface area contributed by atoms with Gasteiger partial charge in [-0.2, -0.15) is 0 Å². The van der Waals surface area contributed by atoms with Crippen LogP contribution in [0.4, 0.5) is 0 Å². The van der Waals surface area contributed by atoms with E-state index in [4.69, 9.17) is 10.7 Å². The van der Waals surface area contributed by atoms with E-state index in [2.05, 4.69) is 6.92 Å². The average Bonchev–Trinajstić information content (AvgIpc) is 2.45. The molecule has 0 saturated carbocycles. The number of nitrogens with zero attached hydrogens (tertiary/aromatic N) is 1. The molecule has 0 aliphatic carbocycles. The number of carbonyl (C=O) groups is 1. The predicted octanol–water partition coefficient (Wildman–Crippen LogP) is 3.18. The third-order valence-corrected chi connectivity index (χ3v) is 5.49. The third-order valence-electron chi connectivity index (χ3n) is 4.11. The van der Waals surface area contributed by atoms with Crippen LogP contribution < -0.4 is 0 Å². The molecule has 0 spiro atoms. The van der Waals surface area contributed by atoms with Crippen molar-refractivity contribution in [1.29, 1.82) is 0 Å². The van der Waals surface area contributed by atoms with Crippen LogP contribution in [0.2, 0.25) is 0 Å². The number of rotatable bonds is 3. The van der Waals surface area contributed by atoms with Gasteiger partial charge in [0.05, 0.1) is 10.5 Å². The summed E-state index contributed by atoms with van der Waals surface area (Å²) in [6.45, 7) is 5.33. The second-order valence-electron chi connectivity index (χ2n) is 5.58. The van der Waals surface area contributed by atoms with Crippen LogP contribution in [0.15, 0.2) is 23.1 Å². The molecule has 1 aliphatic heterocycles. The molecule has 1 amide bonds. The Kier molecular flexibility index (Phi) is 4.94. The Morgan fingerprint density at radius 1 is 1.33 bits per heavy atom. The van der Waals surface area contributed by atoms with E-state index < -0.39 is 9.05 Å². The van der Waals surface area contributed by atoms with E-state index in [1.165, 1.54) is 6.07 Å². The number of piperidine rings is 1. The maximum Gasteiger partial charge on any atom is 0.262 e. The van der Waals surface area contributed by atoms with E-state index in [0.717, 1.165) is 24.8 Å². The average molecular weight is 330 g/mol. The first-order valence-electron chi connectivity index (χ1n) is 7.17. The summed E-state index contributed by atoms with van der Waals surface area (Å²) in [6.07, 6.45) is 3.06. The summed E-state index contributed by atoms with van der Waals surface area (Å²) in [7, 11) is 1.52. The smallest absolute Gasteiger partial charge is 0.262 e. The van der Waals surface area contributed by atoms with Gasteiger partial charge in [-0.1, -0.05) is 25.0 Å². The Hall–Kier alpha value is -1.07. The lowest BCUT2D eigenvalue weighted by Gasteiger charge is -2.32. The highest BCUT2D eigenvalue weighted by Gasteiger charge is 2.27. The van der Waals surface area contributed by atoms with Gasteiger partial charge in [-0.05, 0) is 37.8 Å². The number of halogens is 1. The molecule has 4 nitrogen and oxygen atoms in total. The van der Waals surface area contributed by atoms with Crippen LogP contribution >= 0.6 is 10.7 Å². The maximum absolute atomic E-state index is 12.6. The highest BCUT2D eigenvalue weighted by Crippen LogP contribution is 2.26. The summed E-state index contributed by atoms with van der Waals surface area (Å²) >= 11 is 0. The first kappa shape index (κ1) is 16.3. The lowest BCUT2D eigenvalue weighted by Crippen LogP contribution is -2.38. The van der Waals surface area contributed by atoms with Crippen LogP contribution in [0.5, 0.6) is 0 Å². The Labute approximate surface area is 130 Å². The van der Waals surface area contributed by atoms with Crippen molar-refractivity contribution in [2.24, 2.45) is 5.92 Å². The molecule has 0 bridgehead atoms. The van der Waals surface area contributed by atoms with E-state index >= 15 is 0 Å². The lowest BCUT2D eigenvalue weighted by molar-refractivity contribution is 0.0685. The molecule has 1 aliphatic rings. The fourth-order valence-corrected chi connectivity index (χ4v) is 3.78. The summed E-state index contributed by atoms with van der Waals surface area (Å²) in [4.78, 5) is 14.2. The first-order valence-corrected chi connectivity index (χ1v) is 9.48. The van der Waals surface area contributed by atoms with Crippen molar-refractivity contribution in [2.75, 3.05) is 13.1 Å². The molecular formula is C15H20ClNO3S. The van der Waals surface area contributed by atoms with E-state index in [-0.39, 0.29) is 16.4 Å². The molecule has 6 heteroatoms. The number of hydrogen-bond donors (Lipinski definition) is 0. The normalized spacial score (nSPS) is 17.0. The van der Waals surface area contributed by atoms with Gasteiger partial charge in [0.2, 0.25) is 0 Å². The molecule has 116 valence electrons. The molecule has 0 unspecified atom stereocenters. The van der Waals surface area contributed by atoms with E-state index in [1.54, 1.807) is 17.0 Å². The molecule has 1 saturated heterocycles. The topological polar surface area (TPSA) is 54.5 Å². The zero-order chi connectivity index (χ0) is 15.6. The minimum Gasteiger partial charge on any atom is -0.339 e. The number of likely N-dealkylation sites (tertiary alicyclic amines) is 1. The van der Waals surface area contributed by atoms with Gasteiger partial charge in [0.1, 0.15) is 0 Å². The van der Waals surface area contributed by atoms with Crippen molar-refractivity contribution in [3.8, 4) is 0 Å². The SMILES string of the molecule is CCC1CCN(C(=O)c2cc(C)ccc2S(=O)(=O)Cl)CC1. The van der Waals surface area contributed by atoms with Crippen molar-refractivity contribution >= 4 is 25.6 Å². The van der Waals surface area contributed by atoms with Crippen molar-refractivity contribution in [3.05, 3.63) is 29.3 Å². The van der Waals surface area contributed by atoms with Crippen LogP contribution in [0.25, 0.3) is 0 Å². The van der Waals surface area contributed by atoms with E-state index in [1.807, 2.05) is 6.92 Å². The zero-order valence-corrected chi connectivity index (χ0v) is 13.9. The van der Waals surface area contributed by atoms with Crippen LogP contribution in [-0.4, -0.2) is 32.3 Å². The summed E-state index contributed by atoms with van der Waals surface area (Å²) in [5, 5.41) is 0. The number of carbonyl (C=O) groups excluding carboxylic acids is 1. The molecule has 1 aromatic carbocycles. The predicted molar refractivity (Wildman–Crippen MR) is 83.1 cm³/mol. The summed E-state index contributed by atoms with van der Waals surface area (Å²) in [5.41, 5.74) is 1.02. The molecule has 0 radical (unpaired) electrons. The van der Waals surface area contributed by atoms with Crippen molar-refractivity contribution in [2.45, 2.75) is 38.0 Å². The molecule has 0 atom stereocenters. The Bertz CT molecular complexity index is 634. The van der Waals surface area contributed by atoms with Gasteiger partial charge in [0.15, 0.2) is 0 Å². The quantitative estimate of drug-likeness (QED) is 0.800. The fourth-order valence-electron chi connectivity index (χ4n) is 2.74. The minimum atomic E-state index is -3.92. The first-order chi connectivity index (χ1) is 9.82. The van der Waals surface area contributed by atoms with Crippen LogP contribution in [0, 0.1) is 12.8 Å². The highest BCUT2D eigenvalue weighted by molar-refractivity contribution is 8.13. The summed E-state index contributed by atoms with van der Waals surface area (Å²) in [5.74, 6) is 0.412. The van der Waals surface area contributed by atoms with Crippen molar-refractivity contribution < 1.29 is 13.2 Å². The molecule has 1 aromatic rings. The molecule has 1 fully saturated rings. The molecule has 0 N–H and O–H groups in total. The van der Waals surface area contributed by atoms with Gasteiger partial charge < -0.3 is 4.90 Å². The Morgan fingerprint density at radius 2 is 1.95 bits per heavy atom. The van der Waals surface area contributed by atoms with Gasteiger partial charge in [-0.25, -0.2) is 8.42 Å². The Morgan fingerprint density at radius 3 is 2.48 bits per heavy atom. The lowest BCUT2D eigenvalue weighted by atomic mass is 9.94. The van der Waals surface area contributed by atoms with Crippen molar-refractivity contribution in [1.82, 2.24) is 4.90 Å². The van der Waals surface area contributed by atoms with Gasteiger partial charge in [-0.3, -0.25) is 4.79 Å². The monoisotopic (exact) mass is 329 g/mol. The van der Waals surface area contributed by atoms with Gasteiger partial charge in [-0.15, -0.1) is 0 Å². The summed E-state index contributed by atoms with van der Waals surface area (Å²) < 4.78 is 23.3. The van der Waals surface area contributed by atoms with Crippen molar-refractivity contribution in [3.63, 3.8) is 0 Å². The maximum atomic E-state index is 12.6. The molecule has 2 rings (SSSR count). The number of benzene rings is 1. The molecular weight excluding hydrogens is 310 g/mol. The number of amides is 1. The van der Waals surface area contributed by atoms with Gasteiger partial charge in [0, 0.05) is 23.8 Å². The standard InChI is InChI=1S/C15H20ClNO3S/c1-3-12-6-8-17(9-7-12)15(18)13-10-11(2)4-5-14(13)21(16,19)20/h4-5,10,12H,3,6-9H2,1-2H3. The minimum absolute atomic E-state index is 0.0996. The molecule has 1 heterocycles. The van der Waals surface area contributed by atoms with Crippen LogP contribution in [0.3, 0.4) is 0 Å². The van der Waals surface area contributed by atoms with Gasteiger partial charge in [0.25, 0.3) is 15.0 Å². The highest BCUT2D eigenvalue weighted by atomic mass is 35.7. The zero-order valence-electron chi connectivity index (χ0n) is 12.3. The number of aryl methyl sites for hydroxylation is 1. The third kappa shape index (κ3) is 3.77. The summed E-state index contributed by atoms with van der Waals surface area (Å²) in [6, 6.07) is 4.66. The Balaban J connectivity index is 2.29. The van der Waals surface area contributed by atoms with Crippen LogP contribution in [-0.2, 0) is 9.05 Å². The molecule has 21 heavy (non-hydrogen) atoms. The van der Waals surface area contributed by atoms with Gasteiger partial charge >= 0.3 is 0 Å². The second-order valence-corrected chi connectivity index (χ2v) is 8.12. The van der Waals surface area contributed by atoms with E-state index in [9.17, 15) is 13.2 Å².